The molecule has 4 fully saturated rings. The van der Waals surface area contributed by atoms with Crippen LogP contribution in [-0.2, 0) is 9.53 Å². The van der Waals surface area contributed by atoms with Crippen LogP contribution >= 0.6 is 0 Å². The van der Waals surface area contributed by atoms with E-state index >= 15 is 0 Å². The number of allylic oxidation sites excluding steroid dienone is 2. The number of aromatic nitrogens is 2. The summed E-state index contributed by atoms with van der Waals surface area (Å²) in [5, 5.41) is 0. The maximum Gasteiger partial charge on any atom is 0.410 e. The van der Waals surface area contributed by atoms with Crippen LogP contribution in [0.15, 0.2) is 30.0 Å². The first kappa shape index (κ1) is 32.5. The molecule has 2 aliphatic heterocycles. The van der Waals surface area contributed by atoms with Gasteiger partial charge < -0.3 is 20.1 Å². The van der Waals surface area contributed by atoms with Gasteiger partial charge in [-0.25, -0.2) is 9.78 Å². The number of hydrogen-bond donors (Lipinski definition) is 1. The Bertz CT molecular complexity index is 1430. The van der Waals surface area contributed by atoms with Crippen LogP contribution in [0.3, 0.4) is 0 Å². The highest BCUT2D eigenvalue weighted by atomic mass is 16.6. The molecule has 0 aromatic carbocycles. The maximum atomic E-state index is 14.3. The second-order valence-corrected chi connectivity index (χ2v) is 15.0. The third-order valence-corrected chi connectivity index (χ3v) is 10.7. The van der Waals surface area contributed by atoms with Gasteiger partial charge in [0.2, 0.25) is 17.5 Å². The van der Waals surface area contributed by atoms with E-state index in [-0.39, 0.29) is 41.2 Å². The summed E-state index contributed by atoms with van der Waals surface area (Å²) in [5.74, 6) is 0.698. The number of likely N-dealkylation sites (N-methyl/N-ethyl adjacent to an activating group) is 1. The quantitative estimate of drug-likeness (QED) is 0.330. The van der Waals surface area contributed by atoms with Crippen molar-refractivity contribution in [1.82, 2.24) is 19.8 Å². The molecule has 6 rings (SSSR count). The molecule has 2 saturated heterocycles. The molecule has 3 atom stereocenters. The molecule has 1 aromatic heterocycles. The monoisotopic (exact) mass is 634 g/mol. The maximum absolute atomic E-state index is 14.3. The number of ether oxygens (including phenoxy) is 2. The summed E-state index contributed by atoms with van der Waals surface area (Å²) in [6, 6.07) is 1.95. The fourth-order valence-corrected chi connectivity index (χ4v) is 7.99. The first-order valence-electron chi connectivity index (χ1n) is 17.1. The molecule has 1 aromatic rings. The SMILES string of the molecule is C=C[C@H](Oc1cc(N2CCN(C(=O)OC(C)(C)C)C3(CC3)C2)nc(C(=O)C2=C(N)[C@]3(CCCCC3=O)CCC2)n1)[C@@H]1CCCN1C. The van der Waals surface area contributed by atoms with Crippen molar-refractivity contribution in [3.05, 3.63) is 35.8 Å². The van der Waals surface area contributed by atoms with Crippen LogP contribution in [0.4, 0.5) is 10.6 Å². The Morgan fingerprint density at radius 2 is 1.83 bits per heavy atom. The van der Waals surface area contributed by atoms with Gasteiger partial charge in [-0.1, -0.05) is 13.0 Å². The summed E-state index contributed by atoms with van der Waals surface area (Å²) < 4.78 is 12.2. The van der Waals surface area contributed by atoms with Gasteiger partial charge in [0.25, 0.3) is 0 Å². The first-order valence-corrected chi connectivity index (χ1v) is 17.1. The molecule has 2 spiro atoms. The molecule has 5 aliphatic rings. The second kappa shape index (κ2) is 12.3. The number of Topliss-reactive ketones (excluding diaryl/α,β-unsaturated/α-hetero) is 2. The van der Waals surface area contributed by atoms with E-state index < -0.39 is 11.0 Å². The Morgan fingerprint density at radius 1 is 1.07 bits per heavy atom. The normalized spacial score (nSPS) is 27.2. The molecule has 11 nitrogen and oxygen atoms in total. The summed E-state index contributed by atoms with van der Waals surface area (Å²) in [6.45, 7) is 12.2. The minimum atomic E-state index is -0.754. The molecule has 46 heavy (non-hydrogen) atoms. The van der Waals surface area contributed by atoms with E-state index in [1.54, 1.807) is 12.1 Å². The van der Waals surface area contributed by atoms with E-state index in [1.807, 2.05) is 25.7 Å². The molecule has 0 radical (unpaired) electrons. The van der Waals surface area contributed by atoms with E-state index in [9.17, 15) is 14.4 Å². The number of carbonyl (C=O) groups excluding carboxylic acids is 3. The van der Waals surface area contributed by atoms with Crippen molar-refractivity contribution in [3.63, 3.8) is 0 Å². The standard InChI is InChI=1S/C35H50N6O5/c1-6-25(24-12-10-18-39(24)5)45-28-21-27(40-19-20-41(34(22-40)16-17-34)32(44)46-33(2,3)4)37-31(38-28)29(43)23-11-9-15-35(30(23)36)14-8-7-13-26(35)42/h6,21,24-25H,1,7-20,22,36H2,2-5H3/t24-,25-,35+/m0/s1. The molecular formula is C35H50N6O5. The number of likely N-dealkylation sites (tertiary alicyclic amines) is 1. The summed E-state index contributed by atoms with van der Waals surface area (Å²) in [6.07, 6.45) is 9.85. The molecule has 3 heterocycles. The second-order valence-electron chi connectivity index (χ2n) is 15.0. The van der Waals surface area contributed by atoms with Crippen LogP contribution in [0.25, 0.3) is 0 Å². The van der Waals surface area contributed by atoms with Crippen LogP contribution in [-0.4, -0.2) is 93.9 Å². The van der Waals surface area contributed by atoms with E-state index in [1.165, 1.54) is 0 Å². The van der Waals surface area contributed by atoms with Gasteiger partial charge in [0.1, 0.15) is 23.3 Å². The Kier molecular flexibility index (Phi) is 8.67. The number of carbonyl (C=O) groups is 3. The molecule has 2 saturated carbocycles. The van der Waals surface area contributed by atoms with Gasteiger partial charge in [0, 0.05) is 43.4 Å². The lowest BCUT2D eigenvalue weighted by atomic mass is 9.64. The van der Waals surface area contributed by atoms with Crippen molar-refractivity contribution in [2.75, 3.05) is 38.1 Å². The van der Waals surface area contributed by atoms with Gasteiger partial charge in [-0.15, -0.1) is 0 Å². The van der Waals surface area contributed by atoms with Crippen molar-refractivity contribution < 1.29 is 23.9 Å². The van der Waals surface area contributed by atoms with E-state index in [0.29, 0.717) is 68.3 Å². The Balaban J connectivity index is 1.33. The number of hydrogen-bond acceptors (Lipinski definition) is 10. The van der Waals surface area contributed by atoms with Gasteiger partial charge in [-0.3, -0.25) is 19.4 Å². The van der Waals surface area contributed by atoms with E-state index in [0.717, 1.165) is 51.5 Å². The average Bonchev–Trinajstić information content (AvgIpc) is 3.64. The highest BCUT2D eigenvalue weighted by Crippen LogP contribution is 2.48. The lowest BCUT2D eigenvalue weighted by molar-refractivity contribution is -0.129. The predicted molar refractivity (Wildman–Crippen MR) is 175 cm³/mol. The number of nitrogens with zero attached hydrogens (tertiary/aromatic N) is 5. The number of piperazine rings is 1. The van der Waals surface area contributed by atoms with Gasteiger partial charge >= 0.3 is 6.09 Å². The summed E-state index contributed by atoms with van der Waals surface area (Å²) in [4.78, 5) is 56.3. The van der Waals surface area contributed by atoms with Crippen LogP contribution < -0.4 is 15.4 Å². The zero-order chi connectivity index (χ0) is 32.9. The summed E-state index contributed by atoms with van der Waals surface area (Å²) in [7, 11) is 2.08. The van der Waals surface area contributed by atoms with Crippen LogP contribution in [0.2, 0.25) is 0 Å². The molecule has 1 amide bonds. The van der Waals surface area contributed by atoms with Crippen molar-refractivity contribution >= 4 is 23.5 Å². The third kappa shape index (κ3) is 6.14. The summed E-state index contributed by atoms with van der Waals surface area (Å²) >= 11 is 0. The fourth-order valence-electron chi connectivity index (χ4n) is 7.99. The van der Waals surface area contributed by atoms with Crippen LogP contribution in [0, 0.1) is 5.41 Å². The minimum absolute atomic E-state index is 0.0211. The number of nitrogens with two attached hydrogens (primary N) is 1. The molecular weight excluding hydrogens is 584 g/mol. The van der Waals surface area contributed by atoms with E-state index in [4.69, 9.17) is 20.2 Å². The zero-order valence-electron chi connectivity index (χ0n) is 28.0. The van der Waals surface area contributed by atoms with Crippen molar-refractivity contribution in [1.29, 1.82) is 0 Å². The smallest absolute Gasteiger partial charge is 0.410 e. The largest absolute Gasteiger partial charge is 0.468 e. The first-order chi connectivity index (χ1) is 21.9. The number of amides is 1. The van der Waals surface area contributed by atoms with Gasteiger partial charge in [-0.2, -0.15) is 4.98 Å². The molecule has 3 aliphatic carbocycles. The van der Waals surface area contributed by atoms with Gasteiger partial charge in [0.15, 0.2) is 0 Å². The molecule has 2 N–H and O–H groups in total. The third-order valence-electron chi connectivity index (χ3n) is 10.7. The number of anilines is 1. The van der Waals surface area contributed by atoms with Crippen molar-refractivity contribution in [2.24, 2.45) is 11.1 Å². The number of ketones is 2. The van der Waals surface area contributed by atoms with Gasteiger partial charge in [-0.05, 0) is 98.2 Å². The Hall–Kier alpha value is -3.47. The topological polar surface area (TPSA) is 131 Å². The van der Waals surface area contributed by atoms with Crippen LogP contribution in [0.1, 0.15) is 102 Å². The van der Waals surface area contributed by atoms with Crippen molar-refractivity contribution in [3.8, 4) is 5.88 Å². The molecule has 11 heteroatoms. The highest BCUT2D eigenvalue weighted by molar-refractivity contribution is 6.08. The average molecular weight is 635 g/mol. The van der Waals surface area contributed by atoms with E-state index in [2.05, 4.69) is 28.4 Å². The lowest BCUT2D eigenvalue weighted by Crippen LogP contribution is -2.58. The van der Waals surface area contributed by atoms with Crippen LogP contribution in [0.5, 0.6) is 5.88 Å². The zero-order valence-corrected chi connectivity index (χ0v) is 28.0. The minimum Gasteiger partial charge on any atom is -0.468 e. The number of rotatable bonds is 7. The molecule has 250 valence electrons. The molecule has 0 unspecified atom stereocenters. The highest BCUT2D eigenvalue weighted by Gasteiger charge is 2.54. The Labute approximate surface area is 272 Å². The summed E-state index contributed by atoms with van der Waals surface area (Å²) in [5.41, 5.74) is 5.93. The Morgan fingerprint density at radius 3 is 2.48 bits per heavy atom. The van der Waals surface area contributed by atoms with Crippen molar-refractivity contribution in [2.45, 2.75) is 115 Å². The fraction of sp³-hybridized carbons (Fsp3) is 0.686. The molecule has 0 bridgehead atoms. The lowest BCUT2D eigenvalue weighted by Gasteiger charge is -2.43. The van der Waals surface area contributed by atoms with Gasteiger partial charge in [0.05, 0.1) is 17.0 Å². The predicted octanol–water partition coefficient (Wildman–Crippen LogP) is 4.80.